The molecule has 1 rings (SSSR count). The number of hydrogen-bond donors (Lipinski definition) is 0. The zero-order valence-corrected chi connectivity index (χ0v) is 12.4. The van der Waals surface area contributed by atoms with Crippen LogP contribution in [-0.2, 0) is 18.9 Å². The Bertz CT molecular complexity index is 374. The topological polar surface area (TPSA) is 36.9 Å². The van der Waals surface area contributed by atoms with Crippen molar-refractivity contribution >= 4 is 0 Å². The Morgan fingerprint density at radius 1 is 0.950 bits per heavy atom. The third kappa shape index (κ3) is 8.00. The van der Waals surface area contributed by atoms with E-state index >= 15 is 0 Å². The van der Waals surface area contributed by atoms with Crippen LogP contribution in [-0.4, -0.2) is 46.8 Å². The molecule has 0 spiro atoms. The summed E-state index contributed by atoms with van der Waals surface area (Å²) in [5, 5.41) is 0. The maximum absolute atomic E-state index is 5.64. The molecule has 0 atom stereocenters. The van der Waals surface area contributed by atoms with Crippen LogP contribution in [0.5, 0.6) is 0 Å². The lowest BCUT2D eigenvalue weighted by molar-refractivity contribution is 0.0115. The van der Waals surface area contributed by atoms with E-state index in [-0.39, 0.29) is 0 Å². The molecule has 20 heavy (non-hydrogen) atoms. The smallest absolute Gasteiger partial charge is 0.111 e. The van der Waals surface area contributed by atoms with Crippen molar-refractivity contribution in [3.05, 3.63) is 23.5 Å². The van der Waals surface area contributed by atoms with Crippen LogP contribution in [0.4, 0.5) is 0 Å². The fourth-order valence-corrected chi connectivity index (χ4v) is 1.70. The molecule has 0 saturated heterocycles. The van der Waals surface area contributed by atoms with Crippen molar-refractivity contribution in [3.8, 4) is 11.8 Å². The van der Waals surface area contributed by atoms with Crippen LogP contribution >= 0.6 is 0 Å². The predicted molar refractivity (Wildman–Crippen MR) is 78.3 cm³/mol. The number of rotatable bonds is 10. The fraction of sp³-hybridized carbons (Fsp3) is 0.625. The highest BCUT2D eigenvalue weighted by molar-refractivity contribution is 5.35. The summed E-state index contributed by atoms with van der Waals surface area (Å²) in [6, 6.07) is 0. The second-order valence-electron chi connectivity index (χ2n) is 4.27. The van der Waals surface area contributed by atoms with Crippen LogP contribution < -0.4 is 0 Å². The molecule has 112 valence electrons. The minimum atomic E-state index is 0.576. The van der Waals surface area contributed by atoms with Gasteiger partial charge in [0.1, 0.15) is 6.61 Å². The monoisotopic (exact) mass is 280 g/mol. The highest BCUT2D eigenvalue weighted by Crippen LogP contribution is 2.18. The molecular formula is C16H24O4. The van der Waals surface area contributed by atoms with E-state index in [0.29, 0.717) is 39.6 Å². The molecule has 4 nitrogen and oxygen atoms in total. The lowest BCUT2D eigenvalue weighted by atomic mass is 10.0. The molecule has 0 aliphatic heterocycles. The molecule has 0 aromatic carbocycles. The van der Waals surface area contributed by atoms with Crippen molar-refractivity contribution < 1.29 is 18.9 Å². The minimum absolute atomic E-state index is 0.576. The van der Waals surface area contributed by atoms with E-state index in [1.807, 2.05) is 19.1 Å². The van der Waals surface area contributed by atoms with Gasteiger partial charge in [-0.1, -0.05) is 5.92 Å². The quantitative estimate of drug-likeness (QED) is 0.454. The Morgan fingerprint density at radius 3 is 2.25 bits per heavy atom. The zero-order valence-electron chi connectivity index (χ0n) is 12.4. The molecule has 0 unspecified atom stereocenters. The van der Waals surface area contributed by atoms with Crippen LogP contribution in [0.15, 0.2) is 23.5 Å². The molecule has 1 aliphatic carbocycles. The van der Waals surface area contributed by atoms with Crippen molar-refractivity contribution in [2.24, 2.45) is 0 Å². The lowest BCUT2D eigenvalue weighted by Crippen LogP contribution is -2.11. The van der Waals surface area contributed by atoms with Gasteiger partial charge in [-0.25, -0.2) is 0 Å². The van der Waals surface area contributed by atoms with E-state index in [9.17, 15) is 0 Å². The maximum atomic E-state index is 5.64. The van der Waals surface area contributed by atoms with Crippen molar-refractivity contribution in [2.45, 2.75) is 19.8 Å². The SMILES string of the molecule is CC#CC1=CC=C(OCCOCCOCCOC)CC1. The lowest BCUT2D eigenvalue weighted by Gasteiger charge is -2.13. The first kappa shape index (κ1) is 16.8. The van der Waals surface area contributed by atoms with Gasteiger partial charge in [-0.05, 0) is 25.5 Å². The summed E-state index contributed by atoms with van der Waals surface area (Å²) in [6.45, 7) is 5.42. The first-order valence-corrected chi connectivity index (χ1v) is 6.96. The number of ether oxygens (including phenoxy) is 4. The summed E-state index contributed by atoms with van der Waals surface area (Å²) in [5.74, 6) is 6.99. The molecule has 0 heterocycles. The molecule has 0 aromatic heterocycles. The zero-order chi connectivity index (χ0) is 14.5. The van der Waals surface area contributed by atoms with Gasteiger partial charge in [0, 0.05) is 19.1 Å². The van der Waals surface area contributed by atoms with Gasteiger partial charge >= 0.3 is 0 Å². The third-order valence-electron chi connectivity index (χ3n) is 2.72. The Hall–Kier alpha value is -1.28. The van der Waals surface area contributed by atoms with E-state index in [4.69, 9.17) is 18.9 Å². The summed E-state index contributed by atoms with van der Waals surface area (Å²) < 4.78 is 21.2. The van der Waals surface area contributed by atoms with E-state index in [1.54, 1.807) is 7.11 Å². The maximum Gasteiger partial charge on any atom is 0.111 e. The largest absolute Gasteiger partial charge is 0.496 e. The Morgan fingerprint density at radius 2 is 1.65 bits per heavy atom. The average Bonchev–Trinajstić information content (AvgIpc) is 2.47. The van der Waals surface area contributed by atoms with Gasteiger partial charge in [0.2, 0.25) is 0 Å². The number of allylic oxidation sites excluding steroid dienone is 4. The minimum Gasteiger partial charge on any atom is -0.496 e. The van der Waals surface area contributed by atoms with E-state index in [1.165, 1.54) is 5.57 Å². The molecule has 0 N–H and O–H groups in total. The van der Waals surface area contributed by atoms with Gasteiger partial charge in [0.05, 0.1) is 38.8 Å². The van der Waals surface area contributed by atoms with E-state index in [2.05, 4.69) is 11.8 Å². The normalized spacial score (nSPS) is 14.1. The standard InChI is InChI=1S/C16H24O4/c1-3-4-15-5-7-16(8-6-15)20-14-13-19-12-11-18-10-9-17-2/h5,7H,6,8-14H2,1-2H3. The van der Waals surface area contributed by atoms with Crippen molar-refractivity contribution in [2.75, 3.05) is 46.8 Å². The van der Waals surface area contributed by atoms with Gasteiger partial charge in [-0.15, -0.1) is 5.92 Å². The van der Waals surface area contributed by atoms with Crippen LogP contribution in [0.1, 0.15) is 19.8 Å². The third-order valence-corrected chi connectivity index (χ3v) is 2.72. The summed E-state index contributed by atoms with van der Waals surface area (Å²) in [4.78, 5) is 0. The molecule has 0 fully saturated rings. The molecule has 1 aliphatic rings. The van der Waals surface area contributed by atoms with Crippen LogP contribution in [0.25, 0.3) is 0 Å². The highest BCUT2D eigenvalue weighted by Gasteiger charge is 2.05. The van der Waals surface area contributed by atoms with Crippen LogP contribution in [0, 0.1) is 11.8 Å². The van der Waals surface area contributed by atoms with Gasteiger partial charge in [-0.3, -0.25) is 0 Å². The highest BCUT2D eigenvalue weighted by atomic mass is 16.6. The van der Waals surface area contributed by atoms with Gasteiger partial charge < -0.3 is 18.9 Å². The van der Waals surface area contributed by atoms with Gasteiger partial charge in [0.15, 0.2) is 0 Å². The predicted octanol–water partition coefficient (Wildman–Crippen LogP) is 2.31. The second-order valence-corrected chi connectivity index (χ2v) is 4.27. The van der Waals surface area contributed by atoms with Crippen molar-refractivity contribution in [1.82, 2.24) is 0 Å². The van der Waals surface area contributed by atoms with Crippen molar-refractivity contribution in [3.63, 3.8) is 0 Å². The second kappa shape index (κ2) is 11.5. The summed E-state index contributed by atoms with van der Waals surface area (Å²) in [6.07, 6.45) is 5.90. The first-order valence-electron chi connectivity index (χ1n) is 6.96. The molecule has 4 heteroatoms. The summed E-state index contributed by atoms with van der Waals surface area (Å²) in [7, 11) is 1.66. The molecule has 0 aromatic rings. The Balaban J connectivity index is 1.98. The molecule has 0 bridgehead atoms. The Labute approximate surface area is 121 Å². The molecule has 0 radical (unpaired) electrons. The van der Waals surface area contributed by atoms with Crippen LogP contribution in [0.3, 0.4) is 0 Å². The van der Waals surface area contributed by atoms with Gasteiger partial charge in [0.25, 0.3) is 0 Å². The average molecular weight is 280 g/mol. The fourth-order valence-electron chi connectivity index (χ4n) is 1.70. The number of methoxy groups -OCH3 is 1. The van der Waals surface area contributed by atoms with Crippen molar-refractivity contribution in [1.29, 1.82) is 0 Å². The number of hydrogen-bond acceptors (Lipinski definition) is 4. The van der Waals surface area contributed by atoms with Crippen LogP contribution in [0.2, 0.25) is 0 Å². The van der Waals surface area contributed by atoms with E-state index in [0.717, 1.165) is 18.6 Å². The Kier molecular flexibility index (Phi) is 9.68. The summed E-state index contributed by atoms with van der Waals surface area (Å²) in [5.41, 5.74) is 1.17. The summed E-state index contributed by atoms with van der Waals surface area (Å²) >= 11 is 0. The molecular weight excluding hydrogens is 256 g/mol. The molecule has 0 amide bonds. The van der Waals surface area contributed by atoms with E-state index < -0.39 is 0 Å². The molecule has 0 saturated carbocycles. The van der Waals surface area contributed by atoms with Gasteiger partial charge in [-0.2, -0.15) is 0 Å². The first-order chi connectivity index (χ1) is 9.86.